The van der Waals surface area contributed by atoms with Crippen LogP contribution in [0.4, 0.5) is 16.2 Å². The van der Waals surface area contributed by atoms with E-state index in [0.29, 0.717) is 50.6 Å². The van der Waals surface area contributed by atoms with Gasteiger partial charge in [-0.15, -0.1) is 0 Å². The van der Waals surface area contributed by atoms with Gasteiger partial charge in [0.25, 0.3) is 0 Å². The summed E-state index contributed by atoms with van der Waals surface area (Å²) in [6.07, 6.45) is 3.83. The van der Waals surface area contributed by atoms with Gasteiger partial charge >= 0.3 is 5.97 Å². The maximum Gasteiger partial charge on any atom is 0.309 e. The summed E-state index contributed by atoms with van der Waals surface area (Å²) < 4.78 is 14.2. The van der Waals surface area contributed by atoms with Crippen LogP contribution in [0.1, 0.15) is 51.1 Å². The number of nitrogens with one attached hydrogen (secondary N) is 1. The first-order valence-corrected chi connectivity index (χ1v) is 14.8. The molecule has 3 aromatic rings. The Bertz CT molecular complexity index is 1440. The van der Waals surface area contributed by atoms with E-state index in [0.717, 1.165) is 51.0 Å². The maximum absolute atomic E-state index is 14.2. The van der Waals surface area contributed by atoms with Crippen molar-refractivity contribution in [2.24, 2.45) is 17.3 Å². The van der Waals surface area contributed by atoms with Crippen LogP contribution in [0.5, 0.6) is 0 Å². The number of halogens is 3. The summed E-state index contributed by atoms with van der Waals surface area (Å²) in [5, 5.41) is 14.7. The smallest absolute Gasteiger partial charge is 0.309 e. The van der Waals surface area contributed by atoms with Gasteiger partial charge in [0.1, 0.15) is 11.6 Å². The highest BCUT2D eigenvalue weighted by Crippen LogP contribution is 2.45. The molecule has 0 unspecified atom stereocenters. The summed E-state index contributed by atoms with van der Waals surface area (Å²) in [6, 6.07) is 10.2. The topological polar surface area (TPSA) is 81.6 Å². The number of carboxylic acid groups (broad SMARTS) is 1. The molecule has 7 nitrogen and oxygen atoms in total. The number of aromatic nitrogens is 2. The Balaban J connectivity index is 1.15. The lowest BCUT2D eigenvalue weighted by Crippen LogP contribution is -2.58. The van der Waals surface area contributed by atoms with Crippen LogP contribution < -0.4 is 10.2 Å². The lowest BCUT2D eigenvalue weighted by molar-refractivity contribution is -0.158. The molecule has 0 amide bonds. The fourth-order valence-electron chi connectivity index (χ4n) is 6.62. The Morgan fingerprint density at radius 1 is 1.12 bits per heavy atom. The Morgan fingerprint density at radius 2 is 1.90 bits per heavy atom. The zero-order valence-corrected chi connectivity index (χ0v) is 24.2. The van der Waals surface area contributed by atoms with Crippen LogP contribution in [0.2, 0.25) is 10.0 Å². The van der Waals surface area contributed by atoms with E-state index >= 15 is 0 Å². The van der Waals surface area contributed by atoms with Crippen LogP contribution in [0.25, 0.3) is 10.9 Å². The number of anilines is 2. The predicted octanol–water partition coefficient (Wildman–Crippen LogP) is 6.65. The average Bonchev–Trinajstić information content (AvgIpc) is 2.86. The van der Waals surface area contributed by atoms with E-state index < -0.39 is 11.4 Å². The number of aliphatic carboxylic acids is 1. The van der Waals surface area contributed by atoms with Crippen molar-refractivity contribution in [2.75, 3.05) is 36.4 Å². The molecule has 3 aliphatic rings. The number of carbonyl (C=O) groups is 1. The van der Waals surface area contributed by atoms with Gasteiger partial charge in [-0.05, 0) is 93.8 Å². The molecule has 212 valence electrons. The van der Waals surface area contributed by atoms with E-state index in [2.05, 4.69) is 15.1 Å². The van der Waals surface area contributed by atoms with E-state index in [1.807, 2.05) is 19.9 Å². The Kier molecular flexibility index (Phi) is 7.30. The first kappa shape index (κ1) is 27.5. The Hall–Kier alpha value is -2.68. The molecule has 1 saturated carbocycles. The van der Waals surface area contributed by atoms with E-state index in [1.54, 1.807) is 18.2 Å². The molecule has 2 atom stereocenters. The van der Waals surface area contributed by atoms with E-state index in [4.69, 9.17) is 33.2 Å². The number of hydrogen-bond donors (Lipinski definition) is 2. The van der Waals surface area contributed by atoms with Gasteiger partial charge in [0.05, 0.1) is 17.0 Å². The highest BCUT2D eigenvalue weighted by atomic mass is 35.5. The molecule has 6 rings (SSSR count). The van der Waals surface area contributed by atoms with E-state index in [9.17, 15) is 14.3 Å². The first-order valence-electron chi connectivity index (χ1n) is 14.0. The lowest BCUT2D eigenvalue weighted by Gasteiger charge is -2.52. The predicted molar refractivity (Wildman–Crippen MR) is 157 cm³/mol. The fraction of sp³-hybridized carbons (Fsp3) is 0.500. The highest BCUT2D eigenvalue weighted by molar-refractivity contribution is 6.35. The second-order valence-corrected chi connectivity index (χ2v) is 12.9. The van der Waals surface area contributed by atoms with Crippen molar-refractivity contribution in [3.63, 3.8) is 0 Å². The van der Waals surface area contributed by atoms with Gasteiger partial charge in [0, 0.05) is 41.1 Å². The minimum absolute atomic E-state index is 0.189. The van der Waals surface area contributed by atoms with E-state index in [1.165, 1.54) is 18.6 Å². The van der Waals surface area contributed by atoms with Gasteiger partial charge < -0.3 is 20.2 Å². The average molecular weight is 587 g/mol. The molecule has 0 radical (unpaired) electrons. The molecule has 40 heavy (non-hydrogen) atoms. The summed E-state index contributed by atoms with van der Waals surface area (Å²) in [7, 11) is 0. The van der Waals surface area contributed by atoms with Gasteiger partial charge in [-0.1, -0.05) is 29.3 Å². The molecule has 0 bridgehead atoms. The van der Waals surface area contributed by atoms with Crippen molar-refractivity contribution in [3.8, 4) is 0 Å². The quantitative estimate of drug-likeness (QED) is 0.321. The number of hydrogen-bond acceptors (Lipinski definition) is 6. The molecule has 10 heteroatoms. The van der Waals surface area contributed by atoms with Crippen molar-refractivity contribution >= 4 is 51.8 Å². The third kappa shape index (κ3) is 5.21. The second-order valence-electron chi connectivity index (χ2n) is 12.1. The van der Waals surface area contributed by atoms with Crippen LogP contribution >= 0.6 is 23.2 Å². The number of fused-ring (bicyclic) bond motifs is 1. The van der Waals surface area contributed by atoms with Gasteiger partial charge in [-0.25, -0.2) is 9.37 Å². The molecule has 2 aliphatic heterocycles. The number of likely N-dealkylation sites (tertiary alicyclic amines) is 1. The third-order valence-corrected chi connectivity index (χ3v) is 9.74. The van der Waals surface area contributed by atoms with Gasteiger partial charge in [-0.3, -0.25) is 4.79 Å². The minimum atomic E-state index is -0.676. The molecule has 3 fully saturated rings. The van der Waals surface area contributed by atoms with Crippen LogP contribution in [0.3, 0.4) is 0 Å². The molecule has 2 aromatic carbocycles. The molecule has 3 heterocycles. The van der Waals surface area contributed by atoms with Crippen molar-refractivity contribution in [1.82, 2.24) is 14.9 Å². The van der Waals surface area contributed by atoms with Crippen molar-refractivity contribution in [2.45, 2.75) is 51.6 Å². The molecule has 2 saturated heterocycles. The number of carboxylic acids is 1. The van der Waals surface area contributed by atoms with Crippen molar-refractivity contribution in [3.05, 3.63) is 57.8 Å². The number of rotatable bonds is 7. The summed E-state index contributed by atoms with van der Waals surface area (Å²) in [5.74, 6) is 1.31. The van der Waals surface area contributed by atoms with Gasteiger partial charge in [-0.2, -0.15) is 4.98 Å². The molecule has 1 aliphatic carbocycles. The first-order chi connectivity index (χ1) is 19.1. The van der Waals surface area contributed by atoms with Gasteiger partial charge in [0.2, 0.25) is 5.95 Å². The van der Waals surface area contributed by atoms with Crippen LogP contribution in [-0.2, 0) is 4.79 Å². The number of benzene rings is 2. The largest absolute Gasteiger partial charge is 0.481 e. The highest BCUT2D eigenvalue weighted by Gasteiger charge is 2.49. The minimum Gasteiger partial charge on any atom is -0.481 e. The molecular formula is C30H34Cl2FN5O2. The number of nitrogens with zero attached hydrogens (tertiary/aromatic N) is 4. The van der Waals surface area contributed by atoms with Crippen LogP contribution in [0.15, 0.2) is 36.4 Å². The summed E-state index contributed by atoms with van der Waals surface area (Å²) in [4.78, 5) is 25.9. The Morgan fingerprint density at radius 3 is 2.62 bits per heavy atom. The Labute approximate surface area is 243 Å². The van der Waals surface area contributed by atoms with Crippen LogP contribution in [-0.4, -0.2) is 58.2 Å². The molecule has 1 aromatic heterocycles. The second kappa shape index (κ2) is 10.6. The fourth-order valence-corrected chi connectivity index (χ4v) is 7.19. The molecule has 0 spiro atoms. The SMILES string of the molecule is C[C@@H](Nc1nc(N2CC([C@H]3CCCN([C@H]4C[C@](C)(C(=O)O)C4)C3)C2)nc2ccc(F)cc12)c1ccc(Cl)cc1Cl. The summed E-state index contributed by atoms with van der Waals surface area (Å²) in [5.41, 5.74) is 0.988. The monoisotopic (exact) mass is 585 g/mol. The zero-order chi connectivity index (χ0) is 28.2. The van der Waals surface area contributed by atoms with Crippen LogP contribution in [0, 0.1) is 23.1 Å². The maximum atomic E-state index is 14.2. The molecular weight excluding hydrogens is 552 g/mol. The zero-order valence-electron chi connectivity index (χ0n) is 22.7. The standard InChI is InChI=1S/C30H34Cl2FN5O2/c1-17(23-7-5-20(31)10-25(23)32)34-27-24-11-21(33)6-8-26(24)35-29(36-27)38-15-19(16-38)18-4-3-9-37(14-18)22-12-30(2,13-22)28(39)40/h5-8,10-11,17-19,22H,3-4,9,12-16H2,1-2H3,(H,39,40)(H,34,35,36)/t17-,18+,22-,30-/m1/s1. The third-order valence-electron chi connectivity index (χ3n) is 9.18. The van der Waals surface area contributed by atoms with Crippen molar-refractivity contribution in [1.29, 1.82) is 0 Å². The van der Waals surface area contributed by atoms with Gasteiger partial charge in [0.15, 0.2) is 0 Å². The summed E-state index contributed by atoms with van der Waals surface area (Å²) >= 11 is 12.5. The normalized spacial score (nSPS) is 26.3. The molecule has 2 N–H and O–H groups in total. The lowest BCUT2D eigenvalue weighted by atomic mass is 9.65. The number of piperidine rings is 1. The summed E-state index contributed by atoms with van der Waals surface area (Å²) in [6.45, 7) is 7.69. The van der Waals surface area contributed by atoms with E-state index in [-0.39, 0.29) is 11.9 Å². The van der Waals surface area contributed by atoms with Crippen molar-refractivity contribution < 1.29 is 14.3 Å².